The molecule has 0 heterocycles. The Morgan fingerprint density at radius 3 is 2.64 bits per heavy atom. The van der Waals surface area contributed by atoms with Gasteiger partial charge in [-0.1, -0.05) is 17.7 Å². The molecule has 1 N–H and O–H groups in total. The molecule has 0 aliphatic rings. The fraction of sp³-hybridized carbons (Fsp3) is 0.278. The number of nitrogens with zero attached hydrogens (tertiary/aromatic N) is 1. The molecule has 0 aliphatic heterocycles. The summed E-state index contributed by atoms with van der Waals surface area (Å²) in [6, 6.07) is 9.62. The number of halogens is 2. The number of methoxy groups -OCH3 is 2. The van der Waals surface area contributed by atoms with E-state index in [4.69, 9.17) is 21.1 Å². The zero-order chi connectivity index (χ0) is 18.4. The molecule has 0 aromatic heterocycles. The van der Waals surface area contributed by atoms with Gasteiger partial charge in [-0.2, -0.15) is 0 Å². The van der Waals surface area contributed by atoms with Crippen LogP contribution in [0.3, 0.4) is 0 Å². The van der Waals surface area contributed by atoms with Crippen molar-refractivity contribution in [3.05, 3.63) is 52.8 Å². The van der Waals surface area contributed by atoms with Crippen LogP contribution in [0.1, 0.15) is 5.56 Å². The normalized spacial score (nSPS) is 10.6. The van der Waals surface area contributed by atoms with E-state index in [1.165, 1.54) is 13.2 Å². The third-order valence-electron chi connectivity index (χ3n) is 3.58. The Bertz CT molecular complexity index is 735. The van der Waals surface area contributed by atoms with Crippen LogP contribution in [-0.2, 0) is 11.3 Å². The average Bonchev–Trinajstić information content (AvgIpc) is 2.58. The van der Waals surface area contributed by atoms with Crippen molar-refractivity contribution in [3.8, 4) is 11.5 Å². The maximum absolute atomic E-state index is 13.8. The van der Waals surface area contributed by atoms with E-state index in [0.29, 0.717) is 27.8 Å². The van der Waals surface area contributed by atoms with Crippen LogP contribution in [0.5, 0.6) is 11.5 Å². The van der Waals surface area contributed by atoms with Crippen molar-refractivity contribution in [2.75, 3.05) is 33.1 Å². The Kier molecular flexibility index (Phi) is 6.61. The van der Waals surface area contributed by atoms with Crippen molar-refractivity contribution >= 4 is 23.2 Å². The van der Waals surface area contributed by atoms with Crippen LogP contribution in [0.25, 0.3) is 0 Å². The summed E-state index contributed by atoms with van der Waals surface area (Å²) in [5.41, 5.74) is 0.864. The Hall–Kier alpha value is -2.31. The first-order valence-corrected chi connectivity index (χ1v) is 7.95. The summed E-state index contributed by atoms with van der Waals surface area (Å²) in [6.07, 6.45) is 0. The number of carbonyl (C=O) groups is 1. The van der Waals surface area contributed by atoms with E-state index < -0.39 is 5.82 Å². The summed E-state index contributed by atoms with van der Waals surface area (Å²) in [7, 11) is 4.77. The third-order valence-corrected chi connectivity index (χ3v) is 3.94. The second-order valence-corrected chi connectivity index (χ2v) is 5.89. The highest BCUT2D eigenvalue weighted by molar-refractivity contribution is 6.31. The van der Waals surface area contributed by atoms with Gasteiger partial charge < -0.3 is 14.8 Å². The summed E-state index contributed by atoms with van der Waals surface area (Å²) >= 11 is 6.02. The summed E-state index contributed by atoms with van der Waals surface area (Å²) in [6.45, 7) is 0.277. The van der Waals surface area contributed by atoms with Crippen LogP contribution in [0.4, 0.5) is 10.1 Å². The molecule has 25 heavy (non-hydrogen) atoms. The molecule has 0 bridgehead atoms. The molecule has 0 unspecified atom stereocenters. The molecule has 0 aliphatic carbocycles. The first kappa shape index (κ1) is 19.0. The number of ether oxygens (including phenoxy) is 2. The highest BCUT2D eigenvalue weighted by Crippen LogP contribution is 2.29. The smallest absolute Gasteiger partial charge is 0.238 e. The lowest BCUT2D eigenvalue weighted by Crippen LogP contribution is -2.30. The molecular formula is C18H20ClFN2O3. The van der Waals surface area contributed by atoms with E-state index in [-0.39, 0.29) is 19.0 Å². The number of benzene rings is 2. The quantitative estimate of drug-likeness (QED) is 0.814. The monoisotopic (exact) mass is 366 g/mol. The fourth-order valence-electron chi connectivity index (χ4n) is 2.36. The van der Waals surface area contributed by atoms with Crippen molar-refractivity contribution < 1.29 is 18.7 Å². The number of nitrogens with one attached hydrogen (secondary N) is 1. The highest BCUT2D eigenvalue weighted by Gasteiger charge is 2.14. The second kappa shape index (κ2) is 8.69. The van der Waals surface area contributed by atoms with Crippen molar-refractivity contribution in [2.45, 2.75) is 6.54 Å². The first-order chi connectivity index (χ1) is 11.9. The molecule has 2 aromatic rings. The van der Waals surface area contributed by atoms with E-state index in [1.807, 2.05) is 0 Å². The Morgan fingerprint density at radius 2 is 2.00 bits per heavy atom. The minimum Gasteiger partial charge on any atom is -0.497 e. The predicted molar refractivity (Wildman–Crippen MR) is 95.9 cm³/mol. The largest absolute Gasteiger partial charge is 0.497 e. The Balaban J connectivity index is 2.02. The van der Waals surface area contributed by atoms with E-state index in [1.54, 1.807) is 49.4 Å². The minimum atomic E-state index is -0.394. The summed E-state index contributed by atoms with van der Waals surface area (Å²) < 4.78 is 24.2. The molecule has 2 aromatic carbocycles. The topological polar surface area (TPSA) is 50.8 Å². The maximum Gasteiger partial charge on any atom is 0.238 e. The number of anilines is 1. The molecule has 0 saturated heterocycles. The van der Waals surface area contributed by atoms with Crippen molar-refractivity contribution in [2.24, 2.45) is 0 Å². The van der Waals surface area contributed by atoms with Gasteiger partial charge in [-0.25, -0.2) is 4.39 Å². The molecule has 0 radical (unpaired) electrons. The van der Waals surface area contributed by atoms with Gasteiger partial charge in [0.1, 0.15) is 17.3 Å². The maximum atomic E-state index is 13.8. The number of hydrogen-bond acceptors (Lipinski definition) is 4. The molecule has 0 saturated carbocycles. The zero-order valence-electron chi connectivity index (χ0n) is 14.3. The van der Waals surface area contributed by atoms with Crippen LogP contribution in [-0.4, -0.2) is 38.6 Å². The van der Waals surface area contributed by atoms with Crippen LogP contribution >= 0.6 is 11.6 Å². The van der Waals surface area contributed by atoms with Gasteiger partial charge in [-0.3, -0.25) is 9.69 Å². The lowest BCUT2D eigenvalue weighted by atomic mass is 10.2. The van der Waals surface area contributed by atoms with Gasteiger partial charge >= 0.3 is 0 Å². The lowest BCUT2D eigenvalue weighted by Gasteiger charge is -2.18. The SMILES string of the molecule is COc1ccc(OC)c(NC(=O)CN(C)Cc2c(F)cccc2Cl)c1. The molecule has 134 valence electrons. The number of amides is 1. The van der Waals surface area contributed by atoms with Crippen LogP contribution in [0.15, 0.2) is 36.4 Å². The van der Waals surface area contributed by atoms with Gasteiger partial charge in [0.2, 0.25) is 5.91 Å². The van der Waals surface area contributed by atoms with Gasteiger partial charge in [-0.05, 0) is 31.3 Å². The van der Waals surface area contributed by atoms with E-state index in [0.717, 1.165) is 0 Å². The molecule has 0 fully saturated rings. The first-order valence-electron chi connectivity index (χ1n) is 7.58. The summed E-state index contributed by atoms with van der Waals surface area (Å²) in [5.74, 6) is 0.465. The van der Waals surface area contributed by atoms with Crippen LogP contribution in [0.2, 0.25) is 5.02 Å². The van der Waals surface area contributed by atoms with Crippen molar-refractivity contribution in [3.63, 3.8) is 0 Å². The number of likely N-dealkylation sites (N-methyl/N-ethyl adjacent to an activating group) is 1. The standard InChI is InChI=1S/C18H20ClFN2O3/c1-22(10-13-14(19)5-4-6-15(13)20)11-18(23)21-16-9-12(24-2)7-8-17(16)25-3/h4-9H,10-11H2,1-3H3,(H,21,23). The molecule has 2 rings (SSSR count). The van der Waals surface area contributed by atoms with Gasteiger partial charge in [0.05, 0.1) is 26.5 Å². The minimum absolute atomic E-state index is 0.0605. The van der Waals surface area contributed by atoms with E-state index >= 15 is 0 Å². The van der Waals surface area contributed by atoms with Gasteiger partial charge in [0, 0.05) is 23.2 Å². The fourth-order valence-corrected chi connectivity index (χ4v) is 2.58. The van der Waals surface area contributed by atoms with Gasteiger partial charge in [0.25, 0.3) is 0 Å². The molecule has 7 heteroatoms. The van der Waals surface area contributed by atoms with E-state index in [2.05, 4.69) is 5.32 Å². The van der Waals surface area contributed by atoms with Crippen LogP contribution < -0.4 is 14.8 Å². The molecule has 1 amide bonds. The predicted octanol–water partition coefficient (Wildman–Crippen LogP) is 3.57. The molecule has 0 atom stereocenters. The Morgan fingerprint density at radius 1 is 1.24 bits per heavy atom. The van der Waals surface area contributed by atoms with Gasteiger partial charge in [-0.15, -0.1) is 0 Å². The number of rotatable bonds is 7. The number of carbonyl (C=O) groups excluding carboxylic acids is 1. The molecule has 0 spiro atoms. The lowest BCUT2D eigenvalue weighted by molar-refractivity contribution is -0.117. The van der Waals surface area contributed by atoms with Crippen LogP contribution in [0, 0.1) is 5.82 Å². The zero-order valence-corrected chi connectivity index (χ0v) is 15.1. The second-order valence-electron chi connectivity index (χ2n) is 5.49. The molecular weight excluding hydrogens is 347 g/mol. The van der Waals surface area contributed by atoms with Crippen molar-refractivity contribution in [1.29, 1.82) is 0 Å². The van der Waals surface area contributed by atoms with E-state index in [9.17, 15) is 9.18 Å². The molecule has 5 nitrogen and oxygen atoms in total. The highest BCUT2D eigenvalue weighted by atomic mass is 35.5. The third kappa shape index (κ3) is 5.08. The van der Waals surface area contributed by atoms with Crippen molar-refractivity contribution in [1.82, 2.24) is 4.90 Å². The summed E-state index contributed by atoms with van der Waals surface area (Å²) in [5, 5.41) is 3.10. The van der Waals surface area contributed by atoms with Gasteiger partial charge in [0.15, 0.2) is 0 Å². The number of hydrogen-bond donors (Lipinski definition) is 1. The average molecular weight is 367 g/mol. The Labute approximate surface area is 151 Å². The summed E-state index contributed by atoms with van der Waals surface area (Å²) in [4.78, 5) is 13.9.